The third kappa shape index (κ3) is 7.47. The molecule has 1 spiro atoms. The number of nitrogens with zero attached hydrogens (tertiary/aromatic N) is 2. The van der Waals surface area contributed by atoms with E-state index in [0.29, 0.717) is 32.4 Å². The van der Waals surface area contributed by atoms with Crippen molar-refractivity contribution >= 4 is 23.5 Å². The first kappa shape index (κ1) is 30.6. The lowest BCUT2D eigenvalue weighted by atomic mass is 9.81. The molecule has 0 unspecified atom stereocenters. The third-order valence-corrected chi connectivity index (χ3v) is 8.62. The molecule has 2 aliphatic rings. The number of piperidine rings is 1. The van der Waals surface area contributed by atoms with Crippen LogP contribution in [0.3, 0.4) is 0 Å². The normalized spacial score (nSPS) is 18.8. The van der Waals surface area contributed by atoms with Gasteiger partial charge in [-0.25, -0.2) is 4.79 Å². The second kappa shape index (κ2) is 14.0. The lowest BCUT2D eigenvalue weighted by molar-refractivity contribution is -0.161. The van der Waals surface area contributed by atoms with Crippen LogP contribution < -0.4 is 16.0 Å². The number of unbranched alkanes of at least 4 members (excludes halogenated alkanes) is 1. The molecule has 41 heavy (non-hydrogen) atoms. The van der Waals surface area contributed by atoms with E-state index in [1.165, 1.54) is 11.1 Å². The van der Waals surface area contributed by atoms with E-state index in [9.17, 15) is 14.4 Å². The monoisotopic (exact) mass is 561 g/mol. The molecular formula is C33H47N5O3. The average Bonchev–Trinajstić information content (AvgIpc) is 2.95. The highest BCUT2D eigenvalue weighted by Crippen LogP contribution is 2.34. The molecular weight excluding hydrogens is 514 g/mol. The number of likely N-dealkylation sites (tertiary alicyclic amines) is 1. The van der Waals surface area contributed by atoms with Crippen molar-refractivity contribution in [3.63, 3.8) is 0 Å². The highest BCUT2D eigenvalue weighted by Gasteiger charge is 2.52. The number of hydrogen-bond acceptors (Lipinski definition) is 4. The highest BCUT2D eigenvalue weighted by atomic mass is 16.2. The Morgan fingerprint density at radius 2 is 1.68 bits per heavy atom. The predicted molar refractivity (Wildman–Crippen MR) is 164 cm³/mol. The molecule has 0 radical (unpaired) electrons. The summed E-state index contributed by atoms with van der Waals surface area (Å²) >= 11 is 0. The molecule has 2 saturated heterocycles. The van der Waals surface area contributed by atoms with Crippen LogP contribution in [0, 0.1) is 20.8 Å². The van der Waals surface area contributed by atoms with E-state index in [-0.39, 0.29) is 17.8 Å². The van der Waals surface area contributed by atoms with Crippen molar-refractivity contribution in [3.8, 4) is 0 Å². The van der Waals surface area contributed by atoms with Crippen LogP contribution in [0.4, 0.5) is 10.5 Å². The van der Waals surface area contributed by atoms with Crippen LogP contribution >= 0.6 is 0 Å². The first-order valence-corrected chi connectivity index (χ1v) is 15.2. The number of hydrogen-bond donors (Lipinski definition) is 3. The van der Waals surface area contributed by atoms with Gasteiger partial charge < -0.3 is 25.8 Å². The summed E-state index contributed by atoms with van der Waals surface area (Å²) in [5.41, 5.74) is 4.67. The maximum Gasteiger partial charge on any atom is 0.319 e. The van der Waals surface area contributed by atoms with E-state index >= 15 is 0 Å². The van der Waals surface area contributed by atoms with Gasteiger partial charge in [0.2, 0.25) is 11.8 Å². The second-order valence-electron chi connectivity index (χ2n) is 11.8. The van der Waals surface area contributed by atoms with Gasteiger partial charge in [0.15, 0.2) is 0 Å². The Hall–Kier alpha value is -3.39. The van der Waals surface area contributed by atoms with Gasteiger partial charge >= 0.3 is 6.03 Å². The summed E-state index contributed by atoms with van der Waals surface area (Å²) in [5, 5.41) is 8.97. The van der Waals surface area contributed by atoms with E-state index in [2.05, 4.69) is 64.2 Å². The van der Waals surface area contributed by atoms with Crippen LogP contribution in [0.15, 0.2) is 42.5 Å². The number of amides is 4. The van der Waals surface area contributed by atoms with Gasteiger partial charge in [-0.2, -0.15) is 0 Å². The quantitative estimate of drug-likeness (QED) is 0.346. The summed E-state index contributed by atoms with van der Waals surface area (Å²) in [6.07, 6.45) is 5.19. The van der Waals surface area contributed by atoms with E-state index in [0.717, 1.165) is 62.1 Å². The number of benzene rings is 2. The van der Waals surface area contributed by atoms with Crippen molar-refractivity contribution in [2.75, 3.05) is 38.0 Å². The van der Waals surface area contributed by atoms with Crippen molar-refractivity contribution in [1.29, 1.82) is 0 Å². The summed E-state index contributed by atoms with van der Waals surface area (Å²) in [4.78, 5) is 43.9. The van der Waals surface area contributed by atoms with E-state index < -0.39 is 11.6 Å². The summed E-state index contributed by atoms with van der Waals surface area (Å²) < 4.78 is 0. The third-order valence-electron chi connectivity index (χ3n) is 8.62. The fourth-order valence-corrected chi connectivity index (χ4v) is 6.41. The molecule has 2 fully saturated rings. The molecule has 8 nitrogen and oxygen atoms in total. The van der Waals surface area contributed by atoms with Gasteiger partial charge in [-0.15, -0.1) is 0 Å². The largest absolute Gasteiger partial charge is 0.342 e. The minimum Gasteiger partial charge on any atom is -0.342 e. The number of urea groups is 1. The van der Waals surface area contributed by atoms with Crippen LogP contribution in [0.2, 0.25) is 0 Å². The number of carbonyl (C=O) groups is 3. The average molecular weight is 562 g/mol. The Morgan fingerprint density at radius 3 is 2.34 bits per heavy atom. The highest BCUT2D eigenvalue weighted by molar-refractivity contribution is 6.00. The SMILES string of the molecule is CCCN1C(=O)[C@H](CCCCNC(=O)Nc2c(C)cc(C)cc2C)NC(=O)C12CCN(CCc1ccccc1)CC2. The minimum atomic E-state index is -0.737. The van der Waals surface area contributed by atoms with Crippen molar-refractivity contribution in [3.05, 3.63) is 64.7 Å². The number of anilines is 1. The lowest BCUT2D eigenvalue weighted by Crippen LogP contribution is -2.72. The Morgan fingerprint density at radius 1 is 1.00 bits per heavy atom. The predicted octanol–water partition coefficient (Wildman–Crippen LogP) is 4.72. The maximum atomic E-state index is 13.6. The van der Waals surface area contributed by atoms with Gasteiger partial charge in [-0.1, -0.05) is 55.0 Å². The number of carbonyl (C=O) groups excluding carboxylic acids is 3. The molecule has 3 N–H and O–H groups in total. The zero-order chi connectivity index (χ0) is 29.4. The lowest BCUT2D eigenvalue weighted by Gasteiger charge is -2.51. The molecule has 222 valence electrons. The molecule has 1 atom stereocenters. The fourth-order valence-electron chi connectivity index (χ4n) is 6.41. The van der Waals surface area contributed by atoms with E-state index in [1.54, 1.807) is 0 Å². The number of piperazine rings is 1. The Bertz CT molecular complexity index is 1180. The van der Waals surface area contributed by atoms with Gasteiger partial charge in [-0.05, 0) is 82.4 Å². The number of nitrogens with one attached hydrogen (secondary N) is 3. The smallest absolute Gasteiger partial charge is 0.319 e. The van der Waals surface area contributed by atoms with E-state index in [4.69, 9.17) is 0 Å². The topological polar surface area (TPSA) is 93.8 Å². The molecule has 8 heteroatoms. The summed E-state index contributed by atoms with van der Waals surface area (Å²) in [7, 11) is 0. The van der Waals surface area contributed by atoms with Crippen molar-refractivity contribution < 1.29 is 14.4 Å². The van der Waals surface area contributed by atoms with Gasteiger partial charge in [0.25, 0.3) is 0 Å². The zero-order valence-corrected chi connectivity index (χ0v) is 25.2. The van der Waals surface area contributed by atoms with Gasteiger partial charge in [0.1, 0.15) is 11.6 Å². The van der Waals surface area contributed by atoms with Crippen molar-refractivity contribution in [2.45, 2.75) is 84.2 Å². The van der Waals surface area contributed by atoms with Gasteiger partial charge in [0, 0.05) is 38.4 Å². The van der Waals surface area contributed by atoms with Crippen molar-refractivity contribution in [2.24, 2.45) is 0 Å². The van der Waals surface area contributed by atoms with Crippen LogP contribution in [-0.4, -0.2) is 71.9 Å². The van der Waals surface area contributed by atoms with Crippen LogP contribution in [0.5, 0.6) is 0 Å². The molecule has 4 rings (SSSR count). The van der Waals surface area contributed by atoms with Crippen LogP contribution in [0.1, 0.15) is 67.7 Å². The summed E-state index contributed by atoms with van der Waals surface area (Å²) in [5.74, 6) is 0.0415. The standard InChI is InChI=1S/C33H47N5O3/c1-5-18-38-30(39)28(13-9-10-17-34-32(41)36-29-25(3)22-24(2)23-26(29)4)35-31(40)33(38)15-20-37(21-16-33)19-14-27-11-7-6-8-12-27/h6-8,11-12,22-23,28H,5,9-10,13-21H2,1-4H3,(H,35,40)(H2,34,36,41)/t28-/m0/s1. The first-order chi connectivity index (χ1) is 19.7. The molecule has 0 aromatic heterocycles. The molecule has 0 aliphatic carbocycles. The summed E-state index contributed by atoms with van der Waals surface area (Å²) in [6.45, 7) is 11.8. The molecule has 0 saturated carbocycles. The number of aryl methyl sites for hydroxylation is 3. The first-order valence-electron chi connectivity index (χ1n) is 15.2. The molecule has 2 heterocycles. The molecule has 4 amide bonds. The Labute approximate surface area is 245 Å². The summed E-state index contributed by atoms with van der Waals surface area (Å²) in [6, 6.07) is 13.9. The molecule has 0 bridgehead atoms. The maximum absolute atomic E-state index is 13.6. The van der Waals surface area contributed by atoms with Gasteiger partial charge in [-0.3, -0.25) is 9.59 Å². The Kier molecular flexibility index (Phi) is 10.4. The van der Waals surface area contributed by atoms with Crippen LogP contribution in [0.25, 0.3) is 0 Å². The Balaban J connectivity index is 1.23. The minimum absolute atomic E-state index is 0.000371. The zero-order valence-electron chi connectivity index (χ0n) is 25.2. The van der Waals surface area contributed by atoms with E-state index in [1.807, 2.05) is 31.7 Å². The van der Waals surface area contributed by atoms with Crippen LogP contribution in [-0.2, 0) is 16.0 Å². The molecule has 2 aromatic carbocycles. The van der Waals surface area contributed by atoms with Gasteiger partial charge in [0.05, 0.1) is 0 Å². The molecule has 2 aromatic rings. The second-order valence-corrected chi connectivity index (χ2v) is 11.8. The molecule has 2 aliphatic heterocycles. The number of rotatable bonds is 11. The fraction of sp³-hybridized carbons (Fsp3) is 0.545. The van der Waals surface area contributed by atoms with Crippen molar-refractivity contribution in [1.82, 2.24) is 20.4 Å².